The van der Waals surface area contributed by atoms with E-state index in [2.05, 4.69) is 14.2 Å². The number of alkyl halides is 3. The zero-order chi connectivity index (χ0) is 35.0. The summed E-state index contributed by atoms with van der Waals surface area (Å²) in [7, 11) is -7.98. The summed E-state index contributed by atoms with van der Waals surface area (Å²) in [6.07, 6.45) is -10.6. The van der Waals surface area contributed by atoms with Gasteiger partial charge in [0, 0.05) is 4.91 Å². The van der Waals surface area contributed by atoms with E-state index in [1.807, 2.05) is 40.8 Å². The fourth-order valence-corrected chi connectivity index (χ4v) is 7.75. The second-order valence-corrected chi connectivity index (χ2v) is 18.1. The highest BCUT2D eigenvalue weighted by atomic mass is 32.3. The Bertz CT molecular complexity index is 1480. The Kier molecular flexibility index (Phi) is 13.0. The van der Waals surface area contributed by atoms with Gasteiger partial charge in [0.2, 0.25) is 0 Å². The van der Waals surface area contributed by atoms with Gasteiger partial charge in [-0.1, -0.05) is 81.3 Å². The SMILES string of the molecule is CC(C)C(C)(C)[Si](C)(C)O[C@@H]1O[C@H](COS(=O)(=O)OCC(F)(F)F)[C@H](OCc2ccccc2)[C@H](OC(=O)c2ccccc2)[C@H]1N=[N+]=[N-]. The summed E-state index contributed by atoms with van der Waals surface area (Å²) in [4.78, 5) is 16.3. The highest BCUT2D eigenvalue weighted by Crippen LogP contribution is 2.46. The molecule has 0 aliphatic carbocycles. The quantitative estimate of drug-likeness (QED) is 0.0648. The maximum absolute atomic E-state index is 13.4. The topological polar surface area (TPSA) is 155 Å². The first kappa shape index (κ1) is 38.4. The predicted octanol–water partition coefficient (Wildman–Crippen LogP) is 6.70. The van der Waals surface area contributed by atoms with Gasteiger partial charge >= 0.3 is 22.5 Å². The lowest BCUT2D eigenvalue weighted by molar-refractivity contribution is -0.253. The van der Waals surface area contributed by atoms with Crippen LogP contribution in [0.2, 0.25) is 18.1 Å². The summed E-state index contributed by atoms with van der Waals surface area (Å²) in [5, 5.41) is 3.52. The minimum Gasteiger partial charge on any atom is -0.455 e. The van der Waals surface area contributed by atoms with E-state index in [9.17, 15) is 31.9 Å². The smallest absolute Gasteiger partial charge is 0.413 e. The van der Waals surface area contributed by atoms with E-state index < -0.39 is 74.7 Å². The van der Waals surface area contributed by atoms with Gasteiger partial charge in [-0.25, -0.2) is 13.2 Å². The van der Waals surface area contributed by atoms with Crippen LogP contribution in [0.25, 0.3) is 10.4 Å². The fraction of sp³-hybridized carbons (Fsp3) is 0.567. The van der Waals surface area contributed by atoms with Gasteiger partial charge in [-0.05, 0) is 47.3 Å². The molecule has 1 saturated heterocycles. The third kappa shape index (κ3) is 10.7. The first-order valence-electron chi connectivity index (χ1n) is 14.8. The molecule has 2 aromatic rings. The van der Waals surface area contributed by atoms with Crippen LogP contribution < -0.4 is 0 Å². The van der Waals surface area contributed by atoms with Crippen molar-refractivity contribution in [3.63, 3.8) is 0 Å². The van der Waals surface area contributed by atoms with Crippen molar-refractivity contribution in [3.05, 3.63) is 82.2 Å². The number of rotatable bonds is 15. The van der Waals surface area contributed by atoms with Crippen molar-refractivity contribution in [2.75, 3.05) is 13.2 Å². The maximum Gasteiger partial charge on any atom is 0.413 e. The molecule has 17 heteroatoms. The second-order valence-electron chi connectivity index (χ2n) is 12.3. The van der Waals surface area contributed by atoms with Gasteiger partial charge in [-0.3, -0.25) is 0 Å². The van der Waals surface area contributed by atoms with Crippen LogP contribution in [0.15, 0.2) is 65.8 Å². The highest BCUT2D eigenvalue weighted by Gasteiger charge is 2.53. The Morgan fingerprint density at radius 1 is 1.02 bits per heavy atom. The molecule has 1 aliphatic rings. The van der Waals surface area contributed by atoms with Crippen LogP contribution in [-0.2, 0) is 44.0 Å². The molecule has 47 heavy (non-hydrogen) atoms. The molecular formula is C30H40F3N3O9SSi. The van der Waals surface area contributed by atoms with E-state index in [0.29, 0.717) is 5.56 Å². The summed E-state index contributed by atoms with van der Waals surface area (Å²) >= 11 is 0. The normalized spacial score (nSPS) is 22.5. The van der Waals surface area contributed by atoms with Crippen LogP contribution in [0.5, 0.6) is 0 Å². The summed E-state index contributed by atoms with van der Waals surface area (Å²) in [5.74, 6) is -0.683. The first-order valence-corrected chi connectivity index (χ1v) is 19.0. The lowest BCUT2D eigenvalue weighted by Gasteiger charge is -2.49. The Balaban J connectivity index is 2.07. The molecule has 2 aromatic carbocycles. The van der Waals surface area contributed by atoms with Crippen molar-refractivity contribution >= 4 is 24.7 Å². The Labute approximate surface area is 273 Å². The van der Waals surface area contributed by atoms with E-state index in [0.717, 1.165) is 0 Å². The van der Waals surface area contributed by atoms with Crippen molar-refractivity contribution < 1.29 is 53.4 Å². The lowest BCUT2D eigenvalue weighted by atomic mass is 9.96. The third-order valence-electron chi connectivity index (χ3n) is 8.49. The second kappa shape index (κ2) is 15.9. The summed E-state index contributed by atoms with van der Waals surface area (Å²) in [5.41, 5.74) is 10.4. The van der Waals surface area contributed by atoms with Crippen LogP contribution in [0.3, 0.4) is 0 Å². The number of azide groups is 1. The fourth-order valence-electron chi connectivity index (χ4n) is 4.63. The van der Waals surface area contributed by atoms with Gasteiger partial charge in [0.25, 0.3) is 0 Å². The standard InChI is InChI=1S/C30H40F3N3O9SSi/c1-20(2)29(3,4)47(5,6)45-28-24(35-36-34)26(44-27(37)22-15-11-8-12-16-22)25(40-17-21-13-9-7-10-14-21)23(43-28)18-41-46(38,39)42-19-30(31,32)33/h7-16,20,23-26,28H,17-19H2,1-6H3/t23-,24-,25+,26-,28+/m1/s1. The molecule has 0 spiro atoms. The Morgan fingerprint density at radius 3 is 2.17 bits per heavy atom. The average molecular weight is 704 g/mol. The van der Waals surface area contributed by atoms with Crippen LogP contribution in [0.4, 0.5) is 13.2 Å². The molecule has 260 valence electrons. The van der Waals surface area contributed by atoms with Gasteiger partial charge in [0.05, 0.1) is 18.8 Å². The van der Waals surface area contributed by atoms with Gasteiger partial charge in [-0.2, -0.15) is 21.6 Å². The van der Waals surface area contributed by atoms with E-state index in [1.54, 1.807) is 48.5 Å². The molecule has 3 rings (SSSR count). The minimum atomic E-state index is -5.18. The molecule has 1 fully saturated rings. The third-order valence-corrected chi connectivity index (χ3v) is 13.8. The van der Waals surface area contributed by atoms with E-state index in [-0.39, 0.29) is 23.1 Å². The molecule has 0 saturated carbocycles. The number of nitrogens with zero attached hydrogens (tertiary/aromatic N) is 3. The van der Waals surface area contributed by atoms with Crippen LogP contribution in [0.1, 0.15) is 43.6 Å². The number of carbonyl (C=O) groups is 1. The number of carbonyl (C=O) groups excluding carboxylic acids is 1. The summed E-state index contributed by atoms with van der Waals surface area (Å²) in [6.45, 7) is 8.78. The lowest BCUT2D eigenvalue weighted by Crippen LogP contribution is -2.63. The minimum absolute atomic E-state index is 0.1000. The molecule has 5 atom stereocenters. The van der Waals surface area contributed by atoms with Crippen LogP contribution >= 0.6 is 0 Å². The average Bonchev–Trinajstić information content (AvgIpc) is 3.00. The van der Waals surface area contributed by atoms with E-state index in [1.165, 1.54) is 12.1 Å². The molecule has 0 aromatic heterocycles. The zero-order valence-corrected chi connectivity index (χ0v) is 28.7. The molecule has 0 unspecified atom stereocenters. The van der Waals surface area contributed by atoms with E-state index in [4.69, 9.17) is 22.8 Å². The maximum atomic E-state index is 13.4. The molecule has 0 amide bonds. The molecule has 1 heterocycles. The highest BCUT2D eigenvalue weighted by molar-refractivity contribution is 7.81. The molecular weight excluding hydrogens is 663 g/mol. The van der Waals surface area contributed by atoms with Crippen molar-refractivity contribution in [2.24, 2.45) is 11.0 Å². The number of benzene rings is 2. The molecule has 0 radical (unpaired) electrons. The summed E-state index contributed by atoms with van der Waals surface area (Å²) in [6, 6.07) is 15.4. The number of halogens is 3. The van der Waals surface area contributed by atoms with Crippen LogP contribution in [-0.4, -0.2) is 72.7 Å². The van der Waals surface area contributed by atoms with Gasteiger partial charge in [0.15, 0.2) is 21.2 Å². The van der Waals surface area contributed by atoms with Crippen molar-refractivity contribution in [1.29, 1.82) is 0 Å². The molecule has 0 N–H and O–H groups in total. The van der Waals surface area contributed by atoms with Crippen molar-refractivity contribution in [1.82, 2.24) is 0 Å². The number of ether oxygens (including phenoxy) is 3. The first-order chi connectivity index (χ1) is 21.9. The number of hydrogen-bond donors (Lipinski definition) is 0. The van der Waals surface area contributed by atoms with Gasteiger partial charge in [-0.15, -0.1) is 0 Å². The van der Waals surface area contributed by atoms with Gasteiger partial charge < -0.3 is 18.6 Å². The number of hydrogen-bond acceptors (Lipinski definition) is 10. The Hall–Kier alpha value is -3.02. The molecule has 0 bridgehead atoms. The van der Waals surface area contributed by atoms with Crippen molar-refractivity contribution in [3.8, 4) is 0 Å². The summed E-state index contributed by atoms with van der Waals surface area (Å²) < 4.78 is 96.4. The zero-order valence-electron chi connectivity index (χ0n) is 26.9. The monoisotopic (exact) mass is 703 g/mol. The largest absolute Gasteiger partial charge is 0.455 e. The number of esters is 1. The van der Waals surface area contributed by atoms with Crippen molar-refractivity contribution in [2.45, 2.75) is 89.3 Å². The Morgan fingerprint density at radius 2 is 1.62 bits per heavy atom. The molecule has 1 aliphatic heterocycles. The van der Waals surface area contributed by atoms with Gasteiger partial charge in [0.1, 0.15) is 24.4 Å². The molecule has 12 nitrogen and oxygen atoms in total. The predicted molar refractivity (Wildman–Crippen MR) is 167 cm³/mol. The van der Waals surface area contributed by atoms with Crippen LogP contribution in [0, 0.1) is 5.92 Å². The van der Waals surface area contributed by atoms with E-state index >= 15 is 0 Å².